The molecule has 110 valence electrons. The van der Waals surface area contributed by atoms with Gasteiger partial charge in [0.1, 0.15) is 11.5 Å². The second kappa shape index (κ2) is 5.93. The van der Waals surface area contributed by atoms with E-state index in [1.54, 1.807) is 0 Å². The Hall–Kier alpha value is -1.75. The fraction of sp³-hybridized carbons (Fsp3) is 0.375. The summed E-state index contributed by atoms with van der Waals surface area (Å²) >= 11 is 1.90. The van der Waals surface area contributed by atoms with Gasteiger partial charge >= 0.3 is 0 Å². The molecule has 2 heterocycles. The monoisotopic (exact) mass is 301 g/mol. The van der Waals surface area contributed by atoms with E-state index in [0.717, 1.165) is 34.6 Å². The van der Waals surface area contributed by atoms with Gasteiger partial charge in [0.05, 0.1) is 0 Å². The summed E-state index contributed by atoms with van der Waals surface area (Å²) in [5, 5.41) is 5.17. The summed E-state index contributed by atoms with van der Waals surface area (Å²) < 4.78 is 0. The molecule has 1 aromatic heterocycles. The number of nitrogens with one attached hydrogen (secondary N) is 1. The minimum absolute atomic E-state index is 0.0325. The molecule has 21 heavy (non-hydrogen) atoms. The summed E-state index contributed by atoms with van der Waals surface area (Å²) in [6.07, 6.45) is 0. The van der Waals surface area contributed by atoms with Crippen LogP contribution in [0.15, 0.2) is 30.3 Å². The van der Waals surface area contributed by atoms with Crippen LogP contribution in [0.1, 0.15) is 17.4 Å². The van der Waals surface area contributed by atoms with Crippen LogP contribution in [0.4, 0.5) is 5.82 Å². The van der Waals surface area contributed by atoms with Crippen LogP contribution >= 0.6 is 11.8 Å². The lowest BCUT2D eigenvalue weighted by Gasteiger charge is -2.32. The summed E-state index contributed by atoms with van der Waals surface area (Å²) in [6.45, 7) is 2.90. The predicted octanol–water partition coefficient (Wildman–Crippen LogP) is 2.85. The number of hydrogen-bond acceptors (Lipinski definition) is 4. The average Bonchev–Trinajstić information content (AvgIpc) is 2.53. The number of carbonyl (C=O) groups excluding carboxylic acids is 1. The maximum Gasteiger partial charge on any atom is 0.272 e. The van der Waals surface area contributed by atoms with E-state index in [2.05, 4.69) is 17.2 Å². The SMILES string of the molecule is CNc1nc(C(=O)N2CCSCC2C)cc2ccccc12. The highest BCUT2D eigenvalue weighted by Gasteiger charge is 2.26. The van der Waals surface area contributed by atoms with Crippen LogP contribution in [-0.2, 0) is 0 Å². The van der Waals surface area contributed by atoms with Crippen molar-refractivity contribution in [3.8, 4) is 0 Å². The molecule has 1 aliphatic rings. The second-order valence-corrected chi connectivity index (χ2v) is 6.40. The van der Waals surface area contributed by atoms with Crippen molar-refractivity contribution in [2.24, 2.45) is 0 Å². The highest BCUT2D eigenvalue weighted by atomic mass is 32.2. The van der Waals surface area contributed by atoms with Gasteiger partial charge in [-0.05, 0) is 18.4 Å². The van der Waals surface area contributed by atoms with E-state index in [9.17, 15) is 4.79 Å². The first-order chi connectivity index (χ1) is 10.2. The Morgan fingerprint density at radius 1 is 1.43 bits per heavy atom. The first kappa shape index (κ1) is 14.2. The number of hydrogen-bond donors (Lipinski definition) is 1. The van der Waals surface area contributed by atoms with Crippen molar-refractivity contribution in [3.05, 3.63) is 36.0 Å². The Morgan fingerprint density at radius 2 is 2.24 bits per heavy atom. The standard InChI is InChI=1S/C16H19N3OS/c1-11-10-21-8-7-19(11)16(20)14-9-12-5-3-4-6-13(12)15(17-2)18-14/h3-6,9,11H,7-8,10H2,1-2H3,(H,17,18). The topological polar surface area (TPSA) is 45.2 Å². The Morgan fingerprint density at radius 3 is 3.00 bits per heavy atom. The van der Waals surface area contributed by atoms with Crippen molar-refractivity contribution in [1.29, 1.82) is 0 Å². The molecule has 0 spiro atoms. The quantitative estimate of drug-likeness (QED) is 0.926. The molecule has 0 radical (unpaired) electrons. The fourth-order valence-corrected chi connectivity index (χ4v) is 3.69. The van der Waals surface area contributed by atoms with E-state index in [1.165, 1.54) is 0 Å². The third-order valence-corrected chi connectivity index (χ3v) is 5.01. The molecule has 1 saturated heterocycles. The van der Waals surface area contributed by atoms with E-state index < -0.39 is 0 Å². The van der Waals surface area contributed by atoms with Crippen LogP contribution < -0.4 is 5.32 Å². The number of benzene rings is 1. The highest BCUT2D eigenvalue weighted by molar-refractivity contribution is 7.99. The Bertz CT molecular complexity index is 674. The first-order valence-electron chi connectivity index (χ1n) is 7.17. The van der Waals surface area contributed by atoms with Crippen molar-refractivity contribution in [2.75, 3.05) is 30.4 Å². The van der Waals surface area contributed by atoms with E-state index in [-0.39, 0.29) is 11.9 Å². The van der Waals surface area contributed by atoms with Gasteiger partial charge in [-0.15, -0.1) is 0 Å². The van der Waals surface area contributed by atoms with Crippen LogP contribution in [-0.4, -0.2) is 46.9 Å². The molecule has 1 amide bonds. The lowest BCUT2D eigenvalue weighted by atomic mass is 10.1. The molecular weight excluding hydrogens is 282 g/mol. The predicted molar refractivity (Wildman–Crippen MR) is 89.1 cm³/mol. The van der Waals surface area contributed by atoms with E-state index in [1.807, 2.05) is 54.0 Å². The van der Waals surface area contributed by atoms with Gasteiger partial charge in [0, 0.05) is 36.5 Å². The summed E-state index contributed by atoms with van der Waals surface area (Å²) in [4.78, 5) is 19.2. The zero-order valence-electron chi connectivity index (χ0n) is 12.3. The lowest BCUT2D eigenvalue weighted by molar-refractivity contribution is 0.0710. The number of nitrogens with zero attached hydrogens (tertiary/aromatic N) is 2. The van der Waals surface area contributed by atoms with Crippen molar-refractivity contribution in [1.82, 2.24) is 9.88 Å². The van der Waals surface area contributed by atoms with E-state index in [4.69, 9.17) is 0 Å². The maximum atomic E-state index is 12.7. The molecule has 1 atom stereocenters. The van der Waals surface area contributed by atoms with Crippen LogP contribution in [0.25, 0.3) is 10.8 Å². The molecule has 1 fully saturated rings. The minimum atomic E-state index is 0.0325. The highest BCUT2D eigenvalue weighted by Crippen LogP contribution is 2.24. The van der Waals surface area contributed by atoms with E-state index in [0.29, 0.717) is 5.69 Å². The Labute approximate surface area is 128 Å². The summed E-state index contributed by atoms with van der Waals surface area (Å²) in [7, 11) is 1.84. The smallest absolute Gasteiger partial charge is 0.272 e. The molecule has 5 heteroatoms. The summed E-state index contributed by atoms with van der Waals surface area (Å²) in [5.74, 6) is 2.79. The van der Waals surface area contributed by atoms with Gasteiger partial charge < -0.3 is 10.2 Å². The number of rotatable bonds is 2. The largest absolute Gasteiger partial charge is 0.373 e. The fourth-order valence-electron chi connectivity index (χ4n) is 2.67. The molecule has 0 aliphatic carbocycles. The van der Waals surface area contributed by atoms with Crippen molar-refractivity contribution >= 4 is 34.3 Å². The van der Waals surface area contributed by atoms with Crippen molar-refractivity contribution in [2.45, 2.75) is 13.0 Å². The molecule has 1 unspecified atom stereocenters. The zero-order valence-corrected chi connectivity index (χ0v) is 13.1. The number of carbonyl (C=O) groups is 1. The minimum Gasteiger partial charge on any atom is -0.373 e. The normalized spacial score (nSPS) is 18.8. The van der Waals surface area contributed by atoms with Crippen LogP contribution in [0.3, 0.4) is 0 Å². The number of fused-ring (bicyclic) bond motifs is 1. The number of thioether (sulfide) groups is 1. The number of aromatic nitrogens is 1. The van der Waals surface area contributed by atoms with Gasteiger partial charge in [-0.1, -0.05) is 24.3 Å². The molecule has 1 N–H and O–H groups in total. The van der Waals surface area contributed by atoms with Gasteiger partial charge in [0.2, 0.25) is 0 Å². The van der Waals surface area contributed by atoms with Crippen molar-refractivity contribution in [3.63, 3.8) is 0 Å². The third-order valence-electron chi connectivity index (χ3n) is 3.82. The number of anilines is 1. The average molecular weight is 301 g/mol. The van der Waals surface area contributed by atoms with Gasteiger partial charge in [0.25, 0.3) is 5.91 Å². The molecule has 0 bridgehead atoms. The molecule has 1 aliphatic heterocycles. The number of pyridine rings is 1. The second-order valence-electron chi connectivity index (χ2n) is 5.25. The van der Waals surface area contributed by atoms with Crippen LogP contribution in [0, 0.1) is 0 Å². The third kappa shape index (κ3) is 2.70. The molecule has 2 aromatic rings. The first-order valence-corrected chi connectivity index (χ1v) is 8.32. The molecular formula is C16H19N3OS. The summed E-state index contributed by atoms with van der Waals surface area (Å²) in [6, 6.07) is 10.2. The van der Waals surface area contributed by atoms with Gasteiger partial charge in [0.15, 0.2) is 0 Å². The van der Waals surface area contributed by atoms with Gasteiger partial charge in [-0.25, -0.2) is 4.98 Å². The molecule has 1 aromatic carbocycles. The van der Waals surface area contributed by atoms with Crippen LogP contribution in [0.2, 0.25) is 0 Å². The Kier molecular flexibility index (Phi) is 4.01. The zero-order chi connectivity index (χ0) is 14.8. The molecule has 3 rings (SSSR count). The number of amides is 1. The van der Waals surface area contributed by atoms with E-state index >= 15 is 0 Å². The molecule has 4 nitrogen and oxygen atoms in total. The van der Waals surface area contributed by atoms with Gasteiger partial charge in [-0.3, -0.25) is 4.79 Å². The van der Waals surface area contributed by atoms with Crippen molar-refractivity contribution < 1.29 is 4.79 Å². The molecule has 0 saturated carbocycles. The summed E-state index contributed by atoms with van der Waals surface area (Å²) in [5.41, 5.74) is 0.525. The van der Waals surface area contributed by atoms with Gasteiger partial charge in [-0.2, -0.15) is 11.8 Å². The lowest BCUT2D eigenvalue weighted by Crippen LogP contribution is -2.44. The van der Waals surface area contributed by atoms with Crippen LogP contribution in [0.5, 0.6) is 0 Å². The maximum absolute atomic E-state index is 12.7. The Balaban J connectivity index is 2.01.